The lowest BCUT2D eigenvalue weighted by Gasteiger charge is -2.31. The number of β-amino-alcohol motifs (C(OH)–C–C–N with tert-alkyl or cyclic N) is 1. The molecule has 0 spiro atoms. The summed E-state index contributed by atoms with van der Waals surface area (Å²) in [7, 11) is 0. The molecule has 0 unspecified atom stereocenters. The van der Waals surface area contributed by atoms with Crippen LogP contribution in [-0.4, -0.2) is 97.0 Å². The summed E-state index contributed by atoms with van der Waals surface area (Å²) in [6, 6.07) is 42.1. The van der Waals surface area contributed by atoms with E-state index in [0.29, 0.717) is 42.8 Å². The van der Waals surface area contributed by atoms with Gasteiger partial charge in [-0.3, -0.25) is 19.6 Å². The number of fused-ring (bicyclic) bond motifs is 2. The Morgan fingerprint density at radius 2 is 1.01 bits per heavy atom. The number of para-hydroxylation sites is 2. The third-order valence-corrected chi connectivity index (χ3v) is 14.2. The number of aliphatic hydroxyl groups is 2. The van der Waals surface area contributed by atoms with Crippen molar-refractivity contribution >= 4 is 49.3 Å². The number of likely N-dealkylation sites (tertiary alicyclic amines) is 1. The summed E-state index contributed by atoms with van der Waals surface area (Å²) in [5.41, 5.74) is 11.9. The second kappa shape index (κ2) is 27.7. The number of carbonyl (C=O) groups is 2. The molecular weight excluding hydrogens is 961 g/mol. The Bertz CT molecular complexity index is 2890. The van der Waals surface area contributed by atoms with Crippen molar-refractivity contribution in [2.24, 2.45) is 0 Å². The molecule has 0 aliphatic carbocycles. The number of piperidine rings is 2. The van der Waals surface area contributed by atoms with E-state index in [9.17, 15) is 14.7 Å². The van der Waals surface area contributed by atoms with Gasteiger partial charge in [0, 0.05) is 96.9 Å². The van der Waals surface area contributed by atoms with Crippen LogP contribution in [0.1, 0.15) is 91.2 Å². The molecule has 4 aromatic heterocycles. The van der Waals surface area contributed by atoms with Gasteiger partial charge >= 0.3 is 0 Å². The van der Waals surface area contributed by atoms with Crippen LogP contribution in [0.4, 0.5) is 0 Å². The Kier molecular flexibility index (Phi) is 20.6. The zero-order valence-corrected chi connectivity index (χ0v) is 42.3. The number of alkyl halides is 1. The topological polar surface area (TPSA) is 126 Å². The van der Waals surface area contributed by atoms with E-state index in [1.807, 2.05) is 36.7 Å². The number of carbonyl (C=O) groups excluding carboxylic acids is 2. The van der Waals surface area contributed by atoms with Crippen molar-refractivity contribution in [3.8, 4) is 11.4 Å². The molecule has 72 heavy (non-hydrogen) atoms. The number of aromatic nitrogens is 4. The number of nitrogens with one attached hydrogen (secondary N) is 1. The van der Waals surface area contributed by atoms with Crippen molar-refractivity contribution < 1.29 is 19.8 Å². The minimum atomic E-state index is 0. The Hall–Kier alpha value is -6.08. The first-order valence-electron chi connectivity index (χ1n) is 25.3. The van der Waals surface area contributed by atoms with Gasteiger partial charge in [-0.25, -0.2) is 0 Å². The molecule has 10 rings (SSSR count). The average molecular weight is 1030 g/mol. The summed E-state index contributed by atoms with van der Waals surface area (Å²) in [6.45, 7) is 5.49. The lowest BCUT2D eigenvalue weighted by Crippen LogP contribution is -2.34. The van der Waals surface area contributed by atoms with Crippen LogP contribution in [0.5, 0.6) is 0 Å². The Morgan fingerprint density at radius 1 is 0.569 bits per heavy atom. The summed E-state index contributed by atoms with van der Waals surface area (Å²) in [4.78, 5) is 35.6. The molecule has 0 amide bonds. The maximum atomic E-state index is 12.5. The zero-order chi connectivity index (χ0) is 49.2. The number of aryl methyl sites for hydroxylation is 2. The van der Waals surface area contributed by atoms with Gasteiger partial charge in [-0.15, -0.1) is 0 Å². The lowest BCUT2D eigenvalue weighted by molar-refractivity contribution is -0.119. The van der Waals surface area contributed by atoms with Crippen molar-refractivity contribution in [1.82, 2.24) is 29.3 Å². The predicted octanol–water partition coefficient (Wildman–Crippen LogP) is 11.2. The summed E-state index contributed by atoms with van der Waals surface area (Å²) < 4.78 is 4.60. The SMILES string of the molecule is C.O=C(CCc1cccnc1)Cc1ccc(-n2cc(C3CCN(CCO)CC3)c3ccccc32)cc1.O=C(CCc1cccnc1)Cc1ccc(-n2cc(C3CCNCC3)c3ccccc32)cc1.OCCBr. The highest BCUT2D eigenvalue weighted by molar-refractivity contribution is 9.09. The summed E-state index contributed by atoms with van der Waals surface area (Å²) in [5, 5.41) is 23.9. The standard InChI is InChI=1S/C30H33N3O2.C28H29N3O.C2H5BrO.CH4/c34-19-18-32-16-13-25(14-17-32)29-22-33(30-6-2-1-5-28(29)30)26-10-7-23(8-11-26)20-27(35)12-9-24-4-3-15-31-21-24;32-25(12-9-22-4-3-15-30-19-22)18-21-7-10-24(11-8-21)31-20-27(23-13-16-29-17-14-23)26-5-1-2-6-28(26)31;3-1-2-4;/h1-8,10-11,15,21-22,25,34H,9,12-14,16-20H2;1-8,10-11,15,19-20,23,29H,9,12-14,16-18H2;4H,1-2H2;1H4. The summed E-state index contributed by atoms with van der Waals surface area (Å²) in [6.07, 6.45) is 20.0. The molecule has 8 aromatic rings. The molecule has 0 atom stereocenters. The van der Waals surface area contributed by atoms with Crippen molar-refractivity contribution in [2.75, 3.05) is 51.3 Å². The molecule has 4 aromatic carbocycles. The Labute approximate surface area is 434 Å². The first-order chi connectivity index (χ1) is 34.9. The van der Waals surface area contributed by atoms with Crippen LogP contribution >= 0.6 is 15.9 Å². The average Bonchev–Trinajstić information content (AvgIpc) is 4.01. The fourth-order valence-corrected chi connectivity index (χ4v) is 10.1. The number of aliphatic hydroxyl groups excluding tert-OH is 2. The molecule has 0 bridgehead atoms. The van der Waals surface area contributed by atoms with E-state index in [1.54, 1.807) is 12.4 Å². The number of Topliss-reactive ketones (excluding diaryl/α,β-unsaturated/α-hetero) is 2. The van der Waals surface area contributed by atoms with Gasteiger partial charge in [-0.2, -0.15) is 0 Å². The van der Waals surface area contributed by atoms with Crippen LogP contribution in [0.3, 0.4) is 0 Å². The number of halogens is 1. The largest absolute Gasteiger partial charge is 0.396 e. The summed E-state index contributed by atoms with van der Waals surface area (Å²) in [5.74, 6) is 1.66. The van der Waals surface area contributed by atoms with E-state index in [2.05, 4.69) is 155 Å². The van der Waals surface area contributed by atoms with E-state index in [-0.39, 0.29) is 32.2 Å². The first kappa shape index (κ1) is 53.7. The third kappa shape index (κ3) is 14.5. The number of hydrogen-bond acceptors (Lipinski definition) is 8. The van der Waals surface area contributed by atoms with Crippen LogP contribution in [-0.2, 0) is 35.3 Å². The highest BCUT2D eigenvalue weighted by atomic mass is 79.9. The minimum absolute atomic E-state index is 0. The summed E-state index contributed by atoms with van der Waals surface area (Å²) >= 11 is 3.00. The molecule has 2 aliphatic rings. The number of rotatable bonds is 17. The van der Waals surface area contributed by atoms with E-state index >= 15 is 0 Å². The number of hydrogen-bond donors (Lipinski definition) is 3. The molecule has 0 saturated carbocycles. The molecule has 2 aliphatic heterocycles. The zero-order valence-electron chi connectivity index (χ0n) is 40.7. The Balaban J connectivity index is 0.000000195. The van der Waals surface area contributed by atoms with Crippen LogP contribution < -0.4 is 5.32 Å². The van der Waals surface area contributed by atoms with Crippen molar-refractivity contribution in [1.29, 1.82) is 0 Å². The van der Waals surface area contributed by atoms with E-state index in [0.717, 1.165) is 92.0 Å². The van der Waals surface area contributed by atoms with Crippen LogP contribution in [0.2, 0.25) is 0 Å². The van der Waals surface area contributed by atoms with Crippen LogP contribution in [0, 0.1) is 0 Å². The first-order valence-corrected chi connectivity index (χ1v) is 26.4. The third-order valence-electron chi connectivity index (χ3n) is 13.9. The van der Waals surface area contributed by atoms with Gasteiger partial charge < -0.3 is 29.6 Å². The maximum Gasteiger partial charge on any atom is 0.137 e. The number of benzene rings is 4. The van der Waals surface area contributed by atoms with Gasteiger partial charge in [0.25, 0.3) is 0 Å². The molecule has 2 saturated heterocycles. The number of ketones is 2. The quantitative estimate of drug-likeness (QED) is 0.0770. The fourth-order valence-electron chi connectivity index (χ4n) is 10.1. The van der Waals surface area contributed by atoms with Gasteiger partial charge in [0.05, 0.1) is 24.2 Å². The normalized spacial score (nSPS) is 14.2. The molecule has 0 radical (unpaired) electrons. The molecule has 2 fully saturated rings. The molecule has 376 valence electrons. The maximum absolute atomic E-state index is 12.5. The van der Waals surface area contributed by atoms with E-state index in [4.69, 9.17) is 5.11 Å². The Morgan fingerprint density at radius 3 is 1.43 bits per heavy atom. The van der Waals surface area contributed by atoms with Gasteiger partial charge in [-0.1, -0.05) is 96.2 Å². The van der Waals surface area contributed by atoms with Gasteiger partial charge in [0.1, 0.15) is 11.6 Å². The monoisotopic (exact) mass is 1030 g/mol. The second-order valence-electron chi connectivity index (χ2n) is 18.7. The predicted molar refractivity (Wildman–Crippen MR) is 297 cm³/mol. The van der Waals surface area contributed by atoms with Crippen molar-refractivity contribution in [3.63, 3.8) is 0 Å². The van der Waals surface area contributed by atoms with Crippen LogP contribution in [0.25, 0.3) is 33.2 Å². The molecule has 10 nitrogen and oxygen atoms in total. The highest BCUT2D eigenvalue weighted by Crippen LogP contribution is 2.37. The van der Waals surface area contributed by atoms with E-state index in [1.165, 1.54) is 45.8 Å². The minimum Gasteiger partial charge on any atom is -0.396 e. The molecule has 6 heterocycles. The van der Waals surface area contributed by atoms with Crippen LogP contribution in [0.15, 0.2) is 159 Å². The smallest absolute Gasteiger partial charge is 0.137 e. The second-order valence-corrected chi connectivity index (χ2v) is 19.5. The molecular formula is C61H71BrN6O4. The lowest BCUT2D eigenvalue weighted by atomic mass is 9.89. The highest BCUT2D eigenvalue weighted by Gasteiger charge is 2.24. The van der Waals surface area contributed by atoms with Crippen molar-refractivity contribution in [3.05, 3.63) is 192 Å². The molecule has 3 N–H and O–H groups in total. The van der Waals surface area contributed by atoms with Crippen molar-refractivity contribution in [2.45, 2.75) is 83.5 Å². The van der Waals surface area contributed by atoms with Gasteiger partial charge in [0.2, 0.25) is 0 Å². The number of pyridine rings is 2. The van der Waals surface area contributed by atoms with E-state index < -0.39 is 0 Å². The molecule has 11 heteroatoms. The fraction of sp³-hybridized carbons (Fsp3) is 0.344. The van der Waals surface area contributed by atoms with Gasteiger partial charge in [-0.05, 0) is 158 Å². The van der Waals surface area contributed by atoms with Gasteiger partial charge in [0.15, 0.2) is 0 Å². The number of nitrogens with zero attached hydrogens (tertiary/aromatic N) is 5.